The second kappa shape index (κ2) is 9.20. The van der Waals surface area contributed by atoms with Gasteiger partial charge in [-0.2, -0.15) is 5.84 Å². The minimum absolute atomic E-state index is 0. The van der Waals surface area contributed by atoms with Gasteiger partial charge in [0.05, 0.1) is 14.1 Å². The van der Waals surface area contributed by atoms with Crippen molar-refractivity contribution in [3.05, 3.63) is 12.7 Å². The van der Waals surface area contributed by atoms with E-state index in [4.69, 9.17) is 5.84 Å². The van der Waals surface area contributed by atoms with Crippen LogP contribution in [0.2, 0.25) is 0 Å². The van der Waals surface area contributed by atoms with Crippen molar-refractivity contribution in [2.75, 3.05) is 14.1 Å². The molecule has 0 aliphatic rings. The standard InChI is InChI=1S/C12H27N2.ClH/c1-5-7-8-9-11-12(10-6-2)14(3,4)13;/h6,12H,2,5,7-11,13H2,1,3-4H3;1H/q+1;/p-1. The van der Waals surface area contributed by atoms with Gasteiger partial charge >= 0.3 is 0 Å². The summed E-state index contributed by atoms with van der Waals surface area (Å²) in [5.74, 6) is 6.07. The van der Waals surface area contributed by atoms with Crippen molar-refractivity contribution >= 4 is 0 Å². The average molecular weight is 235 g/mol. The van der Waals surface area contributed by atoms with Crippen LogP contribution in [0.5, 0.6) is 0 Å². The maximum atomic E-state index is 6.07. The first-order valence-corrected chi connectivity index (χ1v) is 5.75. The lowest BCUT2D eigenvalue weighted by molar-refractivity contribution is -0.926. The van der Waals surface area contributed by atoms with Crippen molar-refractivity contribution in [1.29, 1.82) is 0 Å². The van der Waals surface area contributed by atoms with Gasteiger partial charge in [0, 0.05) is 12.8 Å². The predicted molar refractivity (Wildman–Crippen MR) is 63.7 cm³/mol. The highest BCUT2D eigenvalue weighted by molar-refractivity contribution is 4.73. The smallest absolute Gasteiger partial charge is 0.109 e. The highest BCUT2D eigenvalue weighted by Gasteiger charge is 2.22. The van der Waals surface area contributed by atoms with E-state index < -0.39 is 0 Å². The fourth-order valence-electron chi connectivity index (χ4n) is 1.72. The summed E-state index contributed by atoms with van der Waals surface area (Å²) in [7, 11) is 4.13. The number of hydrogen-bond donors (Lipinski definition) is 1. The SMILES string of the molecule is C=CCC(CCCCCC)[N+](C)(C)N.[Cl-]. The van der Waals surface area contributed by atoms with Crippen molar-refractivity contribution < 1.29 is 17.0 Å². The number of unbranched alkanes of at least 4 members (excludes halogenated alkanes) is 3. The van der Waals surface area contributed by atoms with Gasteiger partial charge in [-0.3, -0.25) is 4.59 Å². The molecular formula is C12H27ClN2. The van der Waals surface area contributed by atoms with Gasteiger partial charge < -0.3 is 12.4 Å². The Labute approximate surface area is 101 Å². The van der Waals surface area contributed by atoms with Crippen LogP contribution in [0.4, 0.5) is 0 Å². The number of nitrogens with two attached hydrogens (primary N) is 1. The van der Waals surface area contributed by atoms with Crippen molar-refractivity contribution in [3.63, 3.8) is 0 Å². The molecule has 0 spiro atoms. The molecule has 0 fully saturated rings. The summed E-state index contributed by atoms with van der Waals surface area (Å²) >= 11 is 0. The van der Waals surface area contributed by atoms with Crippen LogP contribution in [-0.4, -0.2) is 24.7 Å². The fourth-order valence-corrected chi connectivity index (χ4v) is 1.72. The summed E-state index contributed by atoms with van der Waals surface area (Å²) in [6, 6.07) is 0.532. The molecule has 2 nitrogen and oxygen atoms in total. The molecule has 92 valence electrons. The lowest BCUT2D eigenvalue weighted by Gasteiger charge is -2.32. The van der Waals surface area contributed by atoms with E-state index in [0.717, 1.165) is 6.42 Å². The maximum Gasteiger partial charge on any atom is 0.109 e. The molecule has 0 amide bonds. The Balaban J connectivity index is 0. The van der Waals surface area contributed by atoms with Crippen molar-refractivity contribution in [2.45, 2.75) is 51.5 Å². The molecule has 0 aliphatic carbocycles. The van der Waals surface area contributed by atoms with E-state index in [-0.39, 0.29) is 12.4 Å². The van der Waals surface area contributed by atoms with E-state index in [9.17, 15) is 0 Å². The van der Waals surface area contributed by atoms with Crippen LogP contribution >= 0.6 is 0 Å². The van der Waals surface area contributed by atoms with Gasteiger partial charge in [-0.15, -0.1) is 6.58 Å². The molecule has 0 aliphatic heterocycles. The molecule has 0 aromatic carbocycles. The van der Waals surface area contributed by atoms with Gasteiger partial charge in [-0.1, -0.05) is 32.3 Å². The highest BCUT2D eigenvalue weighted by Crippen LogP contribution is 2.15. The largest absolute Gasteiger partial charge is 1.00 e. The van der Waals surface area contributed by atoms with Gasteiger partial charge in [0.2, 0.25) is 0 Å². The highest BCUT2D eigenvalue weighted by atomic mass is 35.5. The first-order chi connectivity index (χ1) is 6.52. The Bertz CT molecular complexity index is 152. The number of rotatable bonds is 8. The predicted octanol–water partition coefficient (Wildman–Crippen LogP) is -0.144. The molecule has 0 heterocycles. The molecule has 1 atom stereocenters. The summed E-state index contributed by atoms with van der Waals surface area (Å²) in [4.78, 5) is 0. The zero-order chi connectivity index (χ0) is 11.0. The molecular weight excluding hydrogens is 208 g/mol. The van der Waals surface area contributed by atoms with E-state index in [2.05, 4.69) is 27.6 Å². The zero-order valence-electron chi connectivity index (χ0n) is 10.5. The van der Waals surface area contributed by atoms with E-state index >= 15 is 0 Å². The third-order valence-corrected chi connectivity index (χ3v) is 2.77. The molecule has 0 saturated carbocycles. The molecule has 3 heteroatoms. The molecule has 1 unspecified atom stereocenters. The van der Waals surface area contributed by atoms with Gasteiger partial charge in [-0.05, 0) is 6.42 Å². The number of nitrogens with zero attached hydrogens (tertiary/aromatic N) is 1. The normalized spacial score (nSPS) is 13.1. The van der Waals surface area contributed by atoms with Crippen LogP contribution in [0.15, 0.2) is 12.7 Å². The molecule has 0 saturated heterocycles. The van der Waals surface area contributed by atoms with Gasteiger partial charge in [0.1, 0.15) is 6.04 Å². The van der Waals surface area contributed by atoms with Gasteiger partial charge in [-0.25, -0.2) is 0 Å². The third-order valence-electron chi connectivity index (χ3n) is 2.77. The monoisotopic (exact) mass is 234 g/mol. The Morgan fingerprint density at radius 3 is 2.27 bits per heavy atom. The molecule has 0 rings (SSSR count). The topological polar surface area (TPSA) is 26.0 Å². The summed E-state index contributed by atoms with van der Waals surface area (Å²) in [6.07, 6.45) is 9.50. The fraction of sp³-hybridized carbons (Fsp3) is 0.833. The van der Waals surface area contributed by atoms with E-state index in [1.165, 1.54) is 32.1 Å². The summed E-state index contributed by atoms with van der Waals surface area (Å²) < 4.78 is 0.568. The zero-order valence-corrected chi connectivity index (χ0v) is 11.3. The van der Waals surface area contributed by atoms with Crippen LogP contribution in [0, 0.1) is 0 Å². The van der Waals surface area contributed by atoms with E-state index in [0.29, 0.717) is 10.6 Å². The first kappa shape index (κ1) is 17.3. The number of quaternary nitrogens is 1. The summed E-state index contributed by atoms with van der Waals surface area (Å²) in [5.41, 5.74) is 0. The third kappa shape index (κ3) is 8.91. The Hall–Kier alpha value is -0.0500. The van der Waals surface area contributed by atoms with E-state index in [1.54, 1.807) is 0 Å². The van der Waals surface area contributed by atoms with Crippen LogP contribution in [0.3, 0.4) is 0 Å². The van der Waals surface area contributed by atoms with Crippen LogP contribution in [0.1, 0.15) is 45.4 Å². The quantitative estimate of drug-likeness (QED) is 0.204. The minimum Gasteiger partial charge on any atom is -1.00 e. The molecule has 0 radical (unpaired) electrons. The van der Waals surface area contributed by atoms with Crippen LogP contribution < -0.4 is 18.2 Å². The lowest BCUT2D eigenvalue weighted by atomic mass is 10.0. The number of halogens is 1. The average Bonchev–Trinajstić information content (AvgIpc) is 2.08. The molecule has 15 heavy (non-hydrogen) atoms. The molecule has 0 aromatic rings. The van der Waals surface area contributed by atoms with Crippen LogP contribution in [0.25, 0.3) is 0 Å². The van der Waals surface area contributed by atoms with E-state index in [1.807, 2.05) is 6.08 Å². The van der Waals surface area contributed by atoms with Crippen molar-refractivity contribution in [3.8, 4) is 0 Å². The lowest BCUT2D eigenvalue weighted by Crippen LogP contribution is -3.00. The maximum absolute atomic E-state index is 6.07. The number of hydrogen-bond acceptors (Lipinski definition) is 1. The summed E-state index contributed by atoms with van der Waals surface area (Å²) in [6.45, 7) is 6.03. The van der Waals surface area contributed by atoms with Crippen molar-refractivity contribution in [2.24, 2.45) is 5.84 Å². The molecule has 2 N–H and O–H groups in total. The minimum atomic E-state index is 0. The second-order valence-corrected chi connectivity index (χ2v) is 4.66. The van der Waals surface area contributed by atoms with Gasteiger partial charge in [0.25, 0.3) is 0 Å². The van der Waals surface area contributed by atoms with Gasteiger partial charge in [0.15, 0.2) is 0 Å². The van der Waals surface area contributed by atoms with Crippen molar-refractivity contribution in [1.82, 2.24) is 0 Å². The summed E-state index contributed by atoms with van der Waals surface area (Å²) in [5, 5.41) is 0. The Morgan fingerprint density at radius 2 is 1.87 bits per heavy atom. The first-order valence-electron chi connectivity index (χ1n) is 5.75. The molecule has 0 aromatic heterocycles. The Kier molecular flexibility index (Phi) is 10.6. The molecule has 0 bridgehead atoms. The van der Waals surface area contributed by atoms with Crippen LogP contribution in [-0.2, 0) is 0 Å². The Morgan fingerprint density at radius 1 is 1.27 bits per heavy atom. The second-order valence-electron chi connectivity index (χ2n) is 4.66.